The Balaban J connectivity index is 1.53. The Labute approximate surface area is 191 Å². The molecule has 1 atom stereocenters. The monoisotopic (exact) mass is 481 g/mol. The number of amides is 2. The molecule has 3 rings (SSSR count). The summed E-state index contributed by atoms with van der Waals surface area (Å²) in [6.45, 7) is 0.168. The normalized spacial score (nSPS) is 16.8. The third-order valence-electron chi connectivity index (χ3n) is 5.05. The number of nitrogens with zero attached hydrogens (tertiary/aromatic N) is 1. The van der Waals surface area contributed by atoms with Crippen LogP contribution in [-0.2, 0) is 30.8 Å². The van der Waals surface area contributed by atoms with Gasteiger partial charge in [-0.2, -0.15) is 4.31 Å². The molecule has 0 radical (unpaired) electrons. The molecular formula is C22H25F2N3O5S. The number of hydrogen-bond acceptors (Lipinski definition) is 5. The molecule has 0 aromatic heterocycles. The van der Waals surface area contributed by atoms with E-state index < -0.39 is 44.6 Å². The molecule has 0 saturated carbocycles. The number of hydrogen-bond donors (Lipinski definition) is 2. The first kappa shape index (κ1) is 24.7. The van der Waals surface area contributed by atoms with Gasteiger partial charge >= 0.3 is 11.8 Å². The maximum absolute atomic E-state index is 14.1. The highest BCUT2D eigenvalue weighted by atomic mass is 32.2. The lowest BCUT2D eigenvalue weighted by atomic mass is 10.1. The van der Waals surface area contributed by atoms with Gasteiger partial charge in [0.05, 0.1) is 13.2 Å². The van der Waals surface area contributed by atoms with E-state index in [9.17, 15) is 26.8 Å². The zero-order valence-corrected chi connectivity index (χ0v) is 18.6. The van der Waals surface area contributed by atoms with Crippen molar-refractivity contribution in [2.45, 2.75) is 30.4 Å². The standard InChI is InChI=1S/C22H25F2N3O5S/c23-17-9-10-18(24)19(14-17)33(30,31)27-12-5-13-32-20(27)15-26-22(29)21(28)25-11-4-8-16-6-2-1-3-7-16/h1-3,6-7,9-10,14,20H,4-5,8,11-13,15H2,(H,25,28)(H,26,29). The predicted octanol–water partition coefficient (Wildman–Crippen LogP) is 1.57. The number of halogens is 2. The molecule has 1 aliphatic rings. The number of carbonyl (C=O) groups excluding carboxylic acids is 2. The third-order valence-corrected chi connectivity index (χ3v) is 6.95. The van der Waals surface area contributed by atoms with Crippen molar-refractivity contribution in [1.82, 2.24) is 14.9 Å². The van der Waals surface area contributed by atoms with Crippen molar-refractivity contribution in [2.75, 3.05) is 26.2 Å². The average Bonchev–Trinajstić information content (AvgIpc) is 2.82. The van der Waals surface area contributed by atoms with E-state index in [1.807, 2.05) is 30.3 Å². The van der Waals surface area contributed by atoms with E-state index in [-0.39, 0.29) is 19.7 Å². The summed E-state index contributed by atoms with van der Waals surface area (Å²) in [5.41, 5.74) is 1.11. The SMILES string of the molecule is O=C(NCCCc1ccccc1)C(=O)NCC1OCCCN1S(=O)(=O)c1cc(F)ccc1F. The number of aryl methyl sites for hydroxylation is 1. The molecule has 0 spiro atoms. The highest BCUT2D eigenvalue weighted by Crippen LogP contribution is 2.24. The minimum absolute atomic E-state index is 0.00942. The van der Waals surface area contributed by atoms with E-state index >= 15 is 0 Å². The number of benzene rings is 2. The Morgan fingerprint density at radius 2 is 1.79 bits per heavy atom. The molecule has 1 fully saturated rings. The van der Waals surface area contributed by atoms with Gasteiger partial charge in [-0.1, -0.05) is 30.3 Å². The fourth-order valence-electron chi connectivity index (χ4n) is 3.38. The van der Waals surface area contributed by atoms with Crippen molar-refractivity contribution in [3.05, 3.63) is 65.7 Å². The van der Waals surface area contributed by atoms with Gasteiger partial charge in [0.15, 0.2) is 0 Å². The van der Waals surface area contributed by atoms with Gasteiger partial charge in [0.25, 0.3) is 0 Å². The smallest absolute Gasteiger partial charge is 0.309 e. The van der Waals surface area contributed by atoms with Gasteiger partial charge < -0.3 is 15.4 Å². The van der Waals surface area contributed by atoms with Gasteiger partial charge in [-0.25, -0.2) is 17.2 Å². The molecule has 1 saturated heterocycles. The second kappa shape index (κ2) is 11.3. The van der Waals surface area contributed by atoms with Gasteiger partial charge in [0.2, 0.25) is 10.0 Å². The summed E-state index contributed by atoms with van der Waals surface area (Å²) < 4.78 is 59.7. The van der Waals surface area contributed by atoms with Gasteiger partial charge in [0.1, 0.15) is 22.8 Å². The Bertz CT molecular complexity index is 1080. The summed E-state index contributed by atoms with van der Waals surface area (Å²) in [6, 6.07) is 11.8. The summed E-state index contributed by atoms with van der Waals surface area (Å²) in [7, 11) is -4.43. The molecule has 0 aliphatic carbocycles. The van der Waals surface area contributed by atoms with Crippen molar-refractivity contribution >= 4 is 21.8 Å². The molecule has 0 bridgehead atoms. The van der Waals surface area contributed by atoms with E-state index in [0.29, 0.717) is 25.5 Å². The molecule has 1 unspecified atom stereocenters. The van der Waals surface area contributed by atoms with Gasteiger partial charge in [0, 0.05) is 13.1 Å². The fourth-order valence-corrected chi connectivity index (χ4v) is 5.03. The van der Waals surface area contributed by atoms with Crippen LogP contribution in [0, 0.1) is 11.6 Å². The van der Waals surface area contributed by atoms with E-state index in [1.54, 1.807) is 0 Å². The van der Waals surface area contributed by atoms with Crippen molar-refractivity contribution in [2.24, 2.45) is 0 Å². The Hall–Kier alpha value is -2.89. The molecule has 178 valence electrons. The topological polar surface area (TPSA) is 105 Å². The molecule has 2 N–H and O–H groups in total. The second-order valence-corrected chi connectivity index (χ2v) is 9.28. The summed E-state index contributed by atoms with van der Waals surface area (Å²) in [5, 5.41) is 4.85. The minimum Gasteiger partial charge on any atom is -0.360 e. The second-order valence-electron chi connectivity index (χ2n) is 7.42. The molecule has 2 aromatic carbocycles. The lowest BCUT2D eigenvalue weighted by Gasteiger charge is -2.34. The maximum Gasteiger partial charge on any atom is 0.309 e. The minimum atomic E-state index is -4.43. The van der Waals surface area contributed by atoms with Gasteiger partial charge in [-0.05, 0) is 43.0 Å². The molecule has 11 heteroatoms. The summed E-state index contributed by atoms with van der Waals surface area (Å²) in [5.74, 6) is -3.80. The number of nitrogens with one attached hydrogen (secondary N) is 2. The highest BCUT2D eigenvalue weighted by Gasteiger charge is 2.36. The van der Waals surface area contributed by atoms with Crippen LogP contribution in [0.1, 0.15) is 18.4 Å². The molecule has 2 amide bonds. The largest absolute Gasteiger partial charge is 0.360 e. The Morgan fingerprint density at radius 3 is 2.55 bits per heavy atom. The fraction of sp³-hybridized carbons (Fsp3) is 0.364. The Morgan fingerprint density at radius 1 is 1.06 bits per heavy atom. The molecule has 2 aromatic rings. The zero-order chi connectivity index (χ0) is 23.8. The number of ether oxygens (including phenoxy) is 1. The Kier molecular flexibility index (Phi) is 8.48. The third kappa shape index (κ3) is 6.56. The number of sulfonamides is 1. The van der Waals surface area contributed by atoms with Crippen LogP contribution in [0.15, 0.2) is 53.4 Å². The quantitative estimate of drug-likeness (QED) is 0.440. The van der Waals surface area contributed by atoms with Gasteiger partial charge in [-0.15, -0.1) is 0 Å². The highest BCUT2D eigenvalue weighted by molar-refractivity contribution is 7.89. The van der Waals surface area contributed by atoms with Crippen LogP contribution in [0.4, 0.5) is 8.78 Å². The van der Waals surface area contributed by atoms with E-state index in [0.717, 1.165) is 28.4 Å². The summed E-state index contributed by atoms with van der Waals surface area (Å²) in [6.07, 6.45) is 0.547. The predicted molar refractivity (Wildman–Crippen MR) is 115 cm³/mol. The lowest BCUT2D eigenvalue weighted by molar-refractivity contribution is -0.140. The van der Waals surface area contributed by atoms with E-state index in [4.69, 9.17) is 4.74 Å². The first-order chi connectivity index (χ1) is 15.8. The van der Waals surface area contributed by atoms with Crippen molar-refractivity contribution < 1.29 is 31.5 Å². The van der Waals surface area contributed by atoms with Crippen molar-refractivity contribution in [3.8, 4) is 0 Å². The van der Waals surface area contributed by atoms with Crippen LogP contribution in [0.3, 0.4) is 0 Å². The zero-order valence-electron chi connectivity index (χ0n) is 17.8. The van der Waals surface area contributed by atoms with Crippen molar-refractivity contribution in [3.63, 3.8) is 0 Å². The lowest BCUT2D eigenvalue weighted by Crippen LogP contribution is -2.53. The van der Waals surface area contributed by atoms with Crippen LogP contribution in [0.2, 0.25) is 0 Å². The number of rotatable bonds is 8. The first-order valence-electron chi connectivity index (χ1n) is 10.5. The van der Waals surface area contributed by atoms with Crippen molar-refractivity contribution in [1.29, 1.82) is 0 Å². The van der Waals surface area contributed by atoms with Crippen LogP contribution >= 0.6 is 0 Å². The molecule has 1 heterocycles. The average molecular weight is 482 g/mol. The number of carbonyl (C=O) groups is 2. The van der Waals surface area contributed by atoms with Crippen LogP contribution in [0.5, 0.6) is 0 Å². The summed E-state index contributed by atoms with van der Waals surface area (Å²) in [4.78, 5) is 23.3. The molecule has 33 heavy (non-hydrogen) atoms. The first-order valence-corrected chi connectivity index (χ1v) is 11.9. The molecule has 8 nitrogen and oxygen atoms in total. The maximum atomic E-state index is 14.1. The van der Waals surface area contributed by atoms with Crippen LogP contribution in [-0.4, -0.2) is 57.0 Å². The molecule has 1 aliphatic heterocycles. The van der Waals surface area contributed by atoms with Crippen LogP contribution < -0.4 is 10.6 Å². The summed E-state index contributed by atoms with van der Waals surface area (Å²) >= 11 is 0. The molecular weight excluding hydrogens is 456 g/mol. The van der Waals surface area contributed by atoms with Gasteiger partial charge in [-0.3, -0.25) is 9.59 Å². The van der Waals surface area contributed by atoms with E-state index in [1.165, 1.54) is 0 Å². The van der Waals surface area contributed by atoms with Crippen LogP contribution in [0.25, 0.3) is 0 Å². The van der Waals surface area contributed by atoms with E-state index in [2.05, 4.69) is 10.6 Å².